The summed E-state index contributed by atoms with van der Waals surface area (Å²) < 4.78 is 10.2. The number of benzene rings is 2. The lowest BCUT2D eigenvalue weighted by Crippen LogP contribution is -2.04. The molecule has 0 atom stereocenters. The first-order chi connectivity index (χ1) is 13.6. The molecule has 0 aromatic heterocycles. The Morgan fingerprint density at radius 3 is 2.54 bits per heavy atom. The van der Waals surface area contributed by atoms with Crippen LogP contribution in [0.1, 0.15) is 23.6 Å². The number of methoxy groups -OCH3 is 2. The van der Waals surface area contributed by atoms with Crippen molar-refractivity contribution in [3.05, 3.63) is 77.6 Å². The van der Waals surface area contributed by atoms with E-state index in [0.29, 0.717) is 16.8 Å². The van der Waals surface area contributed by atoms with Crippen molar-refractivity contribution in [2.75, 3.05) is 14.2 Å². The summed E-state index contributed by atoms with van der Waals surface area (Å²) >= 11 is 0. The molecule has 0 aliphatic carbocycles. The molecule has 146 valence electrons. The van der Waals surface area contributed by atoms with Gasteiger partial charge in [-0.15, -0.1) is 0 Å². The van der Waals surface area contributed by atoms with Crippen LogP contribution < -0.4 is 4.74 Å². The van der Waals surface area contributed by atoms with Gasteiger partial charge in [-0.25, -0.2) is 4.79 Å². The van der Waals surface area contributed by atoms with Gasteiger partial charge in [0.1, 0.15) is 17.9 Å². The normalized spacial score (nSPS) is 12.1. The Hall–Kier alpha value is -3.54. The molecule has 0 amide bonds. The zero-order valence-electron chi connectivity index (χ0n) is 16.1. The Bertz CT molecular complexity index is 899. The summed E-state index contributed by atoms with van der Waals surface area (Å²) in [7, 11) is 3.03. The van der Waals surface area contributed by atoms with Crippen molar-refractivity contribution >= 4 is 23.3 Å². The van der Waals surface area contributed by atoms with E-state index in [4.69, 9.17) is 14.3 Å². The van der Waals surface area contributed by atoms with Crippen LogP contribution >= 0.6 is 0 Å². The molecule has 0 spiro atoms. The predicted molar refractivity (Wildman–Crippen MR) is 109 cm³/mol. The summed E-state index contributed by atoms with van der Waals surface area (Å²) in [5, 5.41) is 13.5. The van der Waals surface area contributed by atoms with Gasteiger partial charge in [0, 0.05) is 11.1 Å². The van der Waals surface area contributed by atoms with Gasteiger partial charge in [0.15, 0.2) is 0 Å². The van der Waals surface area contributed by atoms with Crippen LogP contribution in [0.3, 0.4) is 0 Å². The zero-order chi connectivity index (χ0) is 20.4. The molecule has 2 aromatic rings. The lowest BCUT2D eigenvalue weighted by atomic mass is 10.0. The number of hydrogen-bond acceptors (Lipinski definition) is 5. The second-order valence-corrected chi connectivity index (χ2v) is 5.81. The number of nitrogens with zero attached hydrogens (tertiary/aromatic N) is 1. The third kappa shape index (κ3) is 5.74. The summed E-state index contributed by atoms with van der Waals surface area (Å²) in [6.07, 6.45) is 4.90. The smallest absolute Gasteiger partial charge is 0.339 e. The second-order valence-electron chi connectivity index (χ2n) is 5.81. The highest BCUT2D eigenvalue weighted by Crippen LogP contribution is 2.21. The molecule has 1 N–H and O–H groups in total. The standard InChI is InChI=1S/C22H23NO5/c1-16(12-13-17-8-5-7-11-21(17)27-3)23-28-14-18-9-4-6-10-19(18)20(15-26-2)22(24)25/h4-13,15H,14H2,1-3H3,(H,24,25). The van der Waals surface area contributed by atoms with Gasteiger partial charge in [-0.2, -0.15) is 0 Å². The van der Waals surface area contributed by atoms with E-state index in [9.17, 15) is 9.90 Å². The van der Waals surface area contributed by atoms with Gasteiger partial charge in [-0.3, -0.25) is 0 Å². The topological polar surface area (TPSA) is 77.4 Å². The van der Waals surface area contributed by atoms with E-state index in [1.54, 1.807) is 25.3 Å². The molecular weight excluding hydrogens is 358 g/mol. The first kappa shape index (κ1) is 20.8. The fourth-order valence-corrected chi connectivity index (χ4v) is 2.50. The minimum atomic E-state index is -1.08. The number of rotatable bonds is 9. The summed E-state index contributed by atoms with van der Waals surface area (Å²) in [5.74, 6) is -0.304. The third-order valence-corrected chi connectivity index (χ3v) is 3.85. The first-order valence-electron chi connectivity index (χ1n) is 8.59. The van der Waals surface area contributed by atoms with Gasteiger partial charge in [0.25, 0.3) is 0 Å². The molecule has 6 nitrogen and oxygen atoms in total. The van der Waals surface area contributed by atoms with Crippen molar-refractivity contribution in [3.63, 3.8) is 0 Å². The van der Waals surface area contributed by atoms with Crippen LogP contribution in [0.4, 0.5) is 0 Å². The molecule has 0 saturated heterocycles. The van der Waals surface area contributed by atoms with Crippen LogP contribution in [-0.4, -0.2) is 31.0 Å². The Morgan fingerprint density at radius 1 is 1.11 bits per heavy atom. The average molecular weight is 381 g/mol. The van der Waals surface area contributed by atoms with Crippen molar-refractivity contribution in [1.82, 2.24) is 0 Å². The minimum absolute atomic E-state index is 0.0541. The summed E-state index contributed by atoms with van der Waals surface area (Å²) in [6, 6.07) is 14.7. The molecule has 0 unspecified atom stereocenters. The maximum Gasteiger partial charge on any atom is 0.339 e. The highest BCUT2D eigenvalue weighted by molar-refractivity contribution is 6.15. The number of hydrogen-bond donors (Lipinski definition) is 1. The van der Waals surface area contributed by atoms with Gasteiger partial charge < -0.3 is 19.4 Å². The lowest BCUT2D eigenvalue weighted by Gasteiger charge is -2.09. The van der Waals surface area contributed by atoms with Crippen molar-refractivity contribution in [2.45, 2.75) is 13.5 Å². The molecule has 0 aliphatic rings. The van der Waals surface area contributed by atoms with Crippen molar-refractivity contribution in [1.29, 1.82) is 0 Å². The van der Waals surface area contributed by atoms with Gasteiger partial charge in [0.2, 0.25) is 0 Å². The van der Waals surface area contributed by atoms with Crippen LogP contribution in [0.5, 0.6) is 5.75 Å². The molecule has 0 fully saturated rings. The summed E-state index contributed by atoms with van der Waals surface area (Å²) in [5.41, 5.74) is 2.86. The fraction of sp³-hybridized carbons (Fsp3) is 0.182. The SMILES string of the molecule is COC=C(C(=O)O)c1ccccc1CON=C(C)C=Cc1ccccc1OC. The number of para-hydroxylation sites is 1. The van der Waals surface area contributed by atoms with E-state index in [2.05, 4.69) is 5.16 Å². The van der Waals surface area contributed by atoms with Gasteiger partial charge in [0.05, 0.1) is 26.2 Å². The summed E-state index contributed by atoms with van der Waals surface area (Å²) in [4.78, 5) is 16.9. The molecule has 28 heavy (non-hydrogen) atoms. The predicted octanol–water partition coefficient (Wildman–Crippen LogP) is 4.37. The molecule has 0 heterocycles. The van der Waals surface area contributed by atoms with E-state index in [1.807, 2.05) is 49.4 Å². The molecule has 0 radical (unpaired) electrons. The van der Waals surface area contributed by atoms with Gasteiger partial charge >= 0.3 is 5.97 Å². The van der Waals surface area contributed by atoms with Crippen molar-refractivity contribution in [2.24, 2.45) is 5.16 Å². The Labute approximate surface area is 164 Å². The largest absolute Gasteiger partial charge is 0.503 e. The van der Waals surface area contributed by atoms with Crippen LogP contribution in [0.2, 0.25) is 0 Å². The number of allylic oxidation sites excluding steroid dienone is 1. The molecule has 6 heteroatoms. The number of ether oxygens (including phenoxy) is 2. The molecule has 0 bridgehead atoms. The minimum Gasteiger partial charge on any atom is -0.503 e. The van der Waals surface area contributed by atoms with E-state index >= 15 is 0 Å². The van der Waals surface area contributed by atoms with Crippen LogP contribution in [0.15, 0.2) is 66.0 Å². The quantitative estimate of drug-likeness (QED) is 0.302. The van der Waals surface area contributed by atoms with Crippen molar-refractivity contribution < 1.29 is 24.2 Å². The van der Waals surface area contributed by atoms with E-state index < -0.39 is 5.97 Å². The number of carboxylic acids is 1. The van der Waals surface area contributed by atoms with Crippen LogP contribution in [-0.2, 0) is 21.0 Å². The lowest BCUT2D eigenvalue weighted by molar-refractivity contribution is -0.130. The summed E-state index contributed by atoms with van der Waals surface area (Å²) in [6.45, 7) is 1.94. The number of carboxylic acid groups (broad SMARTS) is 1. The number of carbonyl (C=O) groups is 1. The second kappa shape index (κ2) is 10.6. The molecular formula is C22H23NO5. The molecule has 2 rings (SSSR count). The molecule has 2 aromatic carbocycles. The third-order valence-electron chi connectivity index (χ3n) is 3.85. The Kier molecular flexibility index (Phi) is 7.84. The Morgan fingerprint density at radius 2 is 1.82 bits per heavy atom. The maximum atomic E-state index is 11.5. The van der Waals surface area contributed by atoms with E-state index in [0.717, 1.165) is 11.3 Å². The van der Waals surface area contributed by atoms with Crippen molar-refractivity contribution in [3.8, 4) is 5.75 Å². The van der Waals surface area contributed by atoms with Crippen LogP contribution in [0.25, 0.3) is 11.6 Å². The number of oxime groups is 1. The van der Waals surface area contributed by atoms with Gasteiger partial charge in [-0.05, 0) is 30.7 Å². The highest BCUT2D eigenvalue weighted by Gasteiger charge is 2.15. The zero-order valence-corrected chi connectivity index (χ0v) is 16.1. The number of aliphatic carboxylic acids is 1. The van der Waals surface area contributed by atoms with Gasteiger partial charge in [-0.1, -0.05) is 47.6 Å². The fourth-order valence-electron chi connectivity index (χ4n) is 2.50. The first-order valence-corrected chi connectivity index (χ1v) is 8.59. The van der Waals surface area contributed by atoms with Crippen LogP contribution in [0, 0.1) is 0 Å². The maximum absolute atomic E-state index is 11.5. The highest BCUT2D eigenvalue weighted by atomic mass is 16.6. The Balaban J connectivity index is 2.09. The van der Waals surface area contributed by atoms with E-state index in [-0.39, 0.29) is 12.2 Å². The monoisotopic (exact) mass is 381 g/mol. The average Bonchev–Trinajstić information content (AvgIpc) is 2.71. The molecule has 0 saturated carbocycles. The van der Waals surface area contributed by atoms with E-state index in [1.165, 1.54) is 13.4 Å². The molecule has 0 aliphatic heterocycles.